The molecule has 0 bridgehead atoms. The lowest BCUT2D eigenvalue weighted by Crippen LogP contribution is -2.16. The van der Waals surface area contributed by atoms with E-state index in [0.29, 0.717) is 0 Å². The van der Waals surface area contributed by atoms with Crippen LogP contribution < -0.4 is 4.74 Å². The molecule has 23 heavy (non-hydrogen) atoms. The third kappa shape index (κ3) is 6.89. The fourth-order valence-electron chi connectivity index (χ4n) is 1.34. The smallest absolute Gasteiger partial charge is 0.406 e. The Morgan fingerprint density at radius 1 is 0.826 bits per heavy atom. The van der Waals surface area contributed by atoms with Crippen LogP contribution in [0.3, 0.4) is 0 Å². The molecule has 0 aromatic heterocycles. The van der Waals surface area contributed by atoms with E-state index in [1.165, 1.54) is 42.5 Å². The number of non-ortho nitro benzene ring substituents is 2. The average Bonchev–Trinajstić information content (AvgIpc) is 2.47. The standard InChI is InChI=1S/C7H5F3O.C6H4N2O4/c8-7(9,10)11-6-4-2-1-3-5-6;9-7(10)5-2-1-3-6(4-5)8(11)12/h1-5H;1-4H. The minimum Gasteiger partial charge on any atom is -0.406 e. The third-order valence-electron chi connectivity index (χ3n) is 2.23. The predicted octanol–water partition coefficient (Wildman–Crippen LogP) is 4.09. The molecule has 0 heterocycles. The Bertz CT molecular complexity index is 648. The van der Waals surface area contributed by atoms with Crippen molar-refractivity contribution >= 4 is 11.4 Å². The lowest BCUT2D eigenvalue weighted by molar-refractivity contribution is -0.394. The molecule has 7 nitrogen and oxygen atoms in total. The van der Waals surface area contributed by atoms with Gasteiger partial charge in [0.25, 0.3) is 11.4 Å². The summed E-state index contributed by atoms with van der Waals surface area (Å²) in [6.07, 6.45) is -4.60. The first-order valence-electron chi connectivity index (χ1n) is 5.88. The van der Waals surface area contributed by atoms with E-state index < -0.39 is 16.2 Å². The van der Waals surface area contributed by atoms with E-state index in [1.807, 2.05) is 0 Å². The summed E-state index contributed by atoms with van der Waals surface area (Å²) in [5, 5.41) is 20.3. The molecule has 0 aliphatic rings. The molecule has 0 aliphatic carbocycles. The number of nitro benzene ring substituents is 2. The van der Waals surface area contributed by atoms with Crippen molar-refractivity contribution in [1.29, 1.82) is 0 Å². The molecule has 0 aliphatic heterocycles. The van der Waals surface area contributed by atoms with Crippen LogP contribution in [0.15, 0.2) is 54.6 Å². The van der Waals surface area contributed by atoms with Gasteiger partial charge in [-0.05, 0) is 18.2 Å². The highest BCUT2D eigenvalue weighted by molar-refractivity contribution is 5.42. The van der Waals surface area contributed by atoms with Crippen molar-refractivity contribution in [3.63, 3.8) is 0 Å². The molecule has 0 saturated carbocycles. The normalized spacial score (nSPS) is 10.2. The van der Waals surface area contributed by atoms with E-state index in [9.17, 15) is 33.4 Å². The van der Waals surface area contributed by atoms with Gasteiger partial charge in [-0.1, -0.05) is 18.2 Å². The van der Waals surface area contributed by atoms with Crippen LogP contribution in [0.4, 0.5) is 24.5 Å². The van der Waals surface area contributed by atoms with Gasteiger partial charge in [0, 0.05) is 12.1 Å². The second-order valence-electron chi connectivity index (χ2n) is 3.89. The molecular weight excluding hydrogens is 321 g/mol. The van der Waals surface area contributed by atoms with Gasteiger partial charge >= 0.3 is 6.36 Å². The van der Waals surface area contributed by atoms with Crippen LogP contribution in [0.1, 0.15) is 0 Å². The van der Waals surface area contributed by atoms with Crippen LogP contribution in [0.5, 0.6) is 5.75 Å². The average molecular weight is 330 g/mol. The van der Waals surface area contributed by atoms with Crippen molar-refractivity contribution in [2.45, 2.75) is 6.36 Å². The van der Waals surface area contributed by atoms with Gasteiger partial charge in [0.05, 0.1) is 15.9 Å². The van der Waals surface area contributed by atoms with Crippen LogP contribution in [-0.4, -0.2) is 16.2 Å². The van der Waals surface area contributed by atoms with Gasteiger partial charge < -0.3 is 4.74 Å². The minimum absolute atomic E-state index is 0.194. The minimum atomic E-state index is -4.60. The van der Waals surface area contributed by atoms with E-state index in [-0.39, 0.29) is 17.1 Å². The van der Waals surface area contributed by atoms with E-state index in [2.05, 4.69) is 4.74 Å². The zero-order valence-electron chi connectivity index (χ0n) is 11.3. The van der Waals surface area contributed by atoms with E-state index in [1.54, 1.807) is 6.07 Å². The Balaban J connectivity index is 0.000000231. The first-order valence-corrected chi connectivity index (χ1v) is 5.88. The van der Waals surface area contributed by atoms with Crippen molar-refractivity contribution in [1.82, 2.24) is 0 Å². The Morgan fingerprint density at radius 3 is 1.70 bits per heavy atom. The number of nitrogens with zero attached hydrogens (tertiary/aromatic N) is 2. The fourth-order valence-corrected chi connectivity index (χ4v) is 1.34. The number of hydrogen-bond donors (Lipinski definition) is 0. The van der Waals surface area contributed by atoms with Crippen LogP contribution in [-0.2, 0) is 0 Å². The second-order valence-corrected chi connectivity index (χ2v) is 3.89. The molecule has 0 fully saturated rings. The number of halogens is 3. The molecule has 0 spiro atoms. The number of benzene rings is 2. The first-order chi connectivity index (χ1) is 10.7. The summed E-state index contributed by atoms with van der Waals surface area (Å²) in [4.78, 5) is 19.0. The molecule has 2 rings (SSSR count). The molecular formula is C13H9F3N2O5. The van der Waals surface area contributed by atoms with Crippen molar-refractivity contribution in [2.75, 3.05) is 0 Å². The number of hydrogen-bond acceptors (Lipinski definition) is 5. The van der Waals surface area contributed by atoms with Gasteiger partial charge in [-0.2, -0.15) is 0 Å². The van der Waals surface area contributed by atoms with Crippen LogP contribution >= 0.6 is 0 Å². The lowest BCUT2D eigenvalue weighted by Gasteiger charge is -2.07. The quantitative estimate of drug-likeness (QED) is 0.624. The van der Waals surface area contributed by atoms with Crippen molar-refractivity contribution in [3.8, 4) is 5.75 Å². The Morgan fingerprint density at radius 2 is 1.30 bits per heavy atom. The zero-order chi connectivity index (χ0) is 17.5. The van der Waals surface area contributed by atoms with E-state index >= 15 is 0 Å². The largest absolute Gasteiger partial charge is 0.573 e. The maximum Gasteiger partial charge on any atom is 0.573 e. The zero-order valence-corrected chi connectivity index (χ0v) is 11.3. The highest BCUT2D eigenvalue weighted by atomic mass is 19.4. The van der Waals surface area contributed by atoms with Crippen molar-refractivity contribution < 1.29 is 27.8 Å². The highest BCUT2D eigenvalue weighted by Crippen LogP contribution is 2.21. The van der Waals surface area contributed by atoms with Gasteiger partial charge in [-0.25, -0.2) is 0 Å². The second kappa shape index (κ2) is 7.73. The van der Waals surface area contributed by atoms with Crippen LogP contribution in [0.25, 0.3) is 0 Å². The first kappa shape index (κ1) is 17.9. The number of ether oxygens (including phenoxy) is 1. The summed E-state index contributed by atoms with van der Waals surface area (Å²) in [5.41, 5.74) is -0.548. The predicted molar refractivity (Wildman–Crippen MR) is 72.9 cm³/mol. The van der Waals surface area contributed by atoms with E-state index in [4.69, 9.17) is 0 Å². The molecule has 122 valence electrons. The van der Waals surface area contributed by atoms with Gasteiger partial charge in [-0.15, -0.1) is 13.2 Å². The van der Waals surface area contributed by atoms with Crippen LogP contribution in [0, 0.1) is 20.2 Å². The molecule has 10 heteroatoms. The highest BCUT2D eigenvalue weighted by Gasteiger charge is 2.30. The Hall–Kier alpha value is -3.17. The number of nitro groups is 2. The SMILES string of the molecule is FC(F)(F)Oc1ccccc1.O=[N+]([O-])c1cccc([N+](=O)[O-])c1. The maximum atomic E-state index is 11.5. The van der Waals surface area contributed by atoms with Gasteiger partial charge in [0.2, 0.25) is 0 Å². The topological polar surface area (TPSA) is 95.5 Å². The molecule has 2 aromatic rings. The Labute approximate surface area is 127 Å². The van der Waals surface area contributed by atoms with Gasteiger partial charge in [0.1, 0.15) is 5.75 Å². The molecule has 0 radical (unpaired) electrons. The maximum absolute atomic E-state index is 11.5. The molecule has 0 unspecified atom stereocenters. The van der Waals surface area contributed by atoms with Crippen LogP contribution in [0.2, 0.25) is 0 Å². The number of rotatable bonds is 3. The monoisotopic (exact) mass is 330 g/mol. The lowest BCUT2D eigenvalue weighted by atomic mass is 10.3. The summed E-state index contributed by atoms with van der Waals surface area (Å²) in [6.45, 7) is 0. The van der Waals surface area contributed by atoms with Gasteiger partial charge in [-0.3, -0.25) is 20.2 Å². The summed E-state index contributed by atoms with van der Waals surface area (Å²) in [7, 11) is 0. The molecule has 0 saturated heterocycles. The molecule has 0 N–H and O–H groups in total. The van der Waals surface area contributed by atoms with Gasteiger partial charge in [0.15, 0.2) is 0 Å². The molecule has 0 atom stereocenters. The van der Waals surface area contributed by atoms with E-state index in [0.717, 1.165) is 6.07 Å². The molecule has 0 amide bonds. The third-order valence-corrected chi connectivity index (χ3v) is 2.23. The summed E-state index contributed by atoms with van der Waals surface area (Å²) >= 11 is 0. The summed E-state index contributed by atoms with van der Waals surface area (Å²) < 4.78 is 38.2. The van der Waals surface area contributed by atoms with Crippen molar-refractivity contribution in [3.05, 3.63) is 74.8 Å². The van der Waals surface area contributed by atoms with Crippen molar-refractivity contribution in [2.24, 2.45) is 0 Å². The number of alkyl halides is 3. The number of para-hydroxylation sites is 1. The fraction of sp³-hybridized carbons (Fsp3) is 0.0769. The Kier molecular flexibility index (Phi) is 6.01. The molecule has 2 aromatic carbocycles. The summed E-state index contributed by atoms with van der Waals surface area (Å²) in [6, 6.07) is 11.6. The summed E-state index contributed by atoms with van der Waals surface area (Å²) in [5.74, 6) is -0.194.